The second-order valence-electron chi connectivity index (χ2n) is 9.37. The fourth-order valence-electron chi connectivity index (χ4n) is 5.01. The number of nitrogens with zero attached hydrogens (tertiary/aromatic N) is 4. The van der Waals surface area contributed by atoms with Gasteiger partial charge < -0.3 is 30.2 Å². The topological polar surface area (TPSA) is 88.2 Å². The molecule has 188 valence electrons. The van der Waals surface area contributed by atoms with Gasteiger partial charge in [-0.2, -0.15) is 0 Å². The summed E-state index contributed by atoms with van der Waals surface area (Å²) < 4.78 is 0. The zero-order chi connectivity index (χ0) is 25.2. The molecule has 0 aromatic heterocycles. The van der Waals surface area contributed by atoms with Crippen molar-refractivity contribution in [2.45, 2.75) is 24.9 Å². The zero-order valence-corrected chi connectivity index (χ0v) is 20.8. The maximum absolute atomic E-state index is 13.6. The van der Waals surface area contributed by atoms with Crippen molar-refractivity contribution in [3.8, 4) is 0 Å². The second kappa shape index (κ2) is 10.1. The van der Waals surface area contributed by atoms with Gasteiger partial charge in [-0.25, -0.2) is 4.79 Å². The number of halogens is 1. The quantitative estimate of drug-likeness (QED) is 0.648. The highest BCUT2D eigenvalue weighted by molar-refractivity contribution is 6.30. The summed E-state index contributed by atoms with van der Waals surface area (Å²) in [5.74, 6) is -0.101. The third-order valence-corrected chi connectivity index (χ3v) is 7.11. The number of hydrogen-bond donors (Lipinski definition) is 2. The van der Waals surface area contributed by atoms with Crippen molar-refractivity contribution in [1.29, 1.82) is 0 Å². The van der Waals surface area contributed by atoms with Gasteiger partial charge in [-0.3, -0.25) is 9.59 Å². The van der Waals surface area contributed by atoms with E-state index < -0.39 is 12.1 Å². The predicted octanol–water partition coefficient (Wildman–Crippen LogP) is 3.04. The van der Waals surface area contributed by atoms with Crippen molar-refractivity contribution in [3.05, 3.63) is 77.1 Å². The number of fused-ring (bicyclic) bond motifs is 1. The van der Waals surface area contributed by atoms with Crippen molar-refractivity contribution in [3.63, 3.8) is 0 Å². The summed E-state index contributed by atoms with van der Waals surface area (Å²) in [6.45, 7) is 2.36. The number of carbonyl (C=O) groups is 3. The molecule has 3 heterocycles. The number of anilines is 1. The fraction of sp³-hybridized carbons (Fsp3) is 0.346. The SMILES string of the molecule is CN1C=C2C(=O)N(C3CCN(C(=O)[C@@H](NC(=O)Nc4ccc(Cl)cc4)c4ccccc4)CC3)CN2C1. The molecular formula is C26H29ClN6O3. The van der Waals surface area contributed by atoms with Gasteiger partial charge in [-0.1, -0.05) is 41.9 Å². The number of nitrogens with one attached hydrogen (secondary N) is 2. The van der Waals surface area contributed by atoms with Gasteiger partial charge in [-0.15, -0.1) is 0 Å². The van der Waals surface area contributed by atoms with Crippen LogP contribution in [-0.4, -0.2) is 77.0 Å². The molecule has 2 aromatic carbocycles. The third-order valence-electron chi connectivity index (χ3n) is 6.85. The summed E-state index contributed by atoms with van der Waals surface area (Å²) in [6, 6.07) is 14.8. The van der Waals surface area contributed by atoms with Gasteiger partial charge >= 0.3 is 6.03 Å². The van der Waals surface area contributed by atoms with Crippen LogP contribution in [0.2, 0.25) is 5.02 Å². The number of likely N-dealkylation sites (tertiary alicyclic amines) is 1. The van der Waals surface area contributed by atoms with Gasteiger partial charge in [-0.05, 0) is 42.7 Å². The Morgan fingerprint density at radius 1 is 1.00 bits per heavy atom. The molecule has 0 spiro atoms. The number of amides is 4. The third kappa shape index (κ3) is 4.97. The largest absolute Gasteiger partial charge is 0.361 e. The van der Waals surface area contributed by atoms with Crippen LogP contribution >= 0.6 is 11.6 Å². The number of carbonyl (C=O) groups excluding carboxylic acids is 3. The first kappa shape index (κ1) is 24.0. The molecule has 10 heteroatoms. The molecule has 3 aliphatic rings. The lowest BCUT2D eigenvalue weighted by Crippen LogP contribution is -2.51. The van der Waals surface area contributed by atoms with Crippen LogP contribution in [0.5, 0.6) is 0 Å². The fourth-order valence-corrected chi connectivity index (χ4v) is 5.14. The van der Waals surface area contributed by atoms with E-state index in [4.69, 9.17) is 11.6 Å². The summed E-state index contributed by atoms with van der Waals surface area (Å²) in [7, 11) is 1.96. The maximum atomic E-state index is 13.6. The molecule has 2 saturated heterocycles. The molecule has 0 aliphatic carbocycles. The monoisotopic (exact) mass is 508 g/mol. The smallest absolute Gasteiger partial charge is 0.320 e. The first-order valence-electron chi connectivity index (χ1n) is 12.0. The lowest BCUT2D eigenvalue weighted by molar-refractivity contribution is -0.135. The van der Waals surface area contributed by atoms with E-state index in [1.54, 1.807) is 29.2 Å². The van der Waals surface area contributed by atoms with Crippen LogP contribution in [0.15, 0.2) is 66.5 Å². The Balaban J connectivity index is 1.23. The molecule has 5 rings (SSSR count). The highest BCUT2D eigenvalue weighted by Crippen LogP contribution is 2.29. The Morgan fingerprint density at radius 3 is 2.36 bits per heavy atom. The lowest BCUT2D eigenvalue weighted by atomic mass is 10.0. The number of benzene rings is 2. The van der Waals surface area contributed by atoms with E-state index in [1.165, 1.54) is 0 Å². The maximum Gasteiger partial charge on any atom is 0.320 e. The molecule has 0 unspecified atom stereocenters. The van der Waals surface area contributed by atoms with E-state index in [0.29, 0.717) is 48.9 Å². The molecule has 2 N–H and O–H groups in total. The van der Waals surface area contributed by atoms with E-state index >= 15 is 0 Å². The van der Waals surface area contributed by atoms with Crippen LogP contribution in [0.3, 0.4) is 0 Å². The minimum Gasteiger partial charge on any atom is -0.361 e. The Morgan fingerprint density at radius 2 is 1.69 bits per heavy atom. The molecule has 3 aliphatic heterocycles. The second-order valence-corrected chi connectivity index (χ2v) is 9.81. The van der Waals surface area contributed by atoms with E-state index in [-0.39, 0.29) is 17.9 Å². The number of urea groups is 1. The average molecular weight is 509 g/mol. The summed E-state index contributed by atoms with van der Waals surface area (Å²) in [4.78, 5) is 47.0. The molecular weight excluding hydrogens is 480 g/mol. The lowest BCUT2D eigenvalue weighted by Gasteiger charge is -2.38. The van der Waals surface area contributed by atoms with Gasteiger partial charge in [0.25, 0.3) is 5.91 Å². The van der Waals surface area contributed by atoms with E-state index in [2.05, 4.69) is 15.5 Å². The van der Waals surface area contributed by atoms with Gasteiger partial charge in [0.2, 0.25) is 5.91 Å². The molecule has 4 amide bonds. The van der Waals surface area contributed by atoms with E-state index in [9.17, 15) is 14.4 Å². The number of piperidine rings is 1. The Labute approximate surface area is 215 Å². The van der Waals surface area contributed by atoms with Crippen LogP contribution in [0.1, 0.15) is 24.4 Å². The normalized spacial score (nSPS) is 18.7. The van der Waals surface area contributed by atoms with Crippen molar-refractivity contribution in [2.24, 2.45) is 0 Å². The Hall–Kier alpha value is -3.72. The molecule has 36 heavy (non-hydrogen) atoms. The Kier molecular flexibility index (Phi) is 6.73. The van der Waals surface area contributed by atoms with Crippen LogP contribution in [0.4, 0.5) is 10.5 Å². The minimum absolute atomic E-state index is 0.0619. The molecule has 9 nitrogen and oxygen atoms in total. The molecule has 0 saturated carbocycles. The first-order chi connectivity index (χ1) is 17.4. The molecule has 1 atom stereocenters. The van der Waals surface area contributed by atoms with Gasteiger partial charge in [0.15, 0.2) is 0 Å². The molecule has 0 bridgehead atoms. The van der Waals surface area contributed by atoms with Gasteiger partial charge in [0.1, 0.15) is 11.7 Å². The zero-order valence-electron chi connectivity index (χ0n) is 20.1. The van der Waals surface area contributed by atoms with E-state index in [1.807, 2.05) is 53.4 Å². The number of rotatable bonds is 5. The van der Waals surface area contributed by atoms with Crippen LogP contribution in [0, 0.1) is 0 Å². The highest BCUT2D eigenvalue weighted by Gasteiger charge is 2.41. The number of hydrogen-bond acceptors (Lipinski definition) is 5. The predicted molar refractivity (Wildman–Crippen MR) is 137 cm³/mol. The van der Waals surface area contributed by atoms with Crippen molar-refractivity contribution < 1.29 is 14.4 Å². The minimum atomic E-state index is -0.824. The molecule has 2 fully saturated rings. The molecule has 2 aromatic rings. The van der Waals surface area contributed by atoms with Crippen molar-refractivity contribution >= 4 is 35.1 Å². The standard InChI is InChI=1S/C26H29ClN6O3/c1-30-15-22-24(34)33(17-32(22)16-30)21-11-13-31(14-12-21)25(35)23(18-5-3-2-4-6-18)29-26(36)28-20-9-7-19(27)8-10-20/h2-10,15,21,23H,11-14,16-17H2,1H3,(H2,28,29,36)/t23-/m0/s1. The van der Waals surface area contributed by atoms with E-state index in [0.717, 1.165) is 12.4 Å². The van der Waals surface area contributed by atoms with Crippen LogP contribution in [-0.2, 0) is 9.59 Å². The highest BCUT2D eigenvalue weighted by atomic mass is 35.5. The summed E-state index contributed by atoms with van der Waals surface area (Å²) in [5.41, 5.74) is 2.03. The van der Waals surface area contributed by atoms with Crippen LogP contribution in [0.25, 0.3) is 0 Å². The van der Waals surface area contributed by atoms with Gasteiger partial charge in [0.05, 0.1) is 13.3 Å². The summed E-state index contributed by atoms with van der Waals surface area (Å²) in [5, 5.41) is 6.17. The summed E-state index contributed by atoms with van der Waals surface area (Å²) >= 11 is 5.92. The van der Waals surface area contributed by atoms with Crippen molar-refractivity contribution in [1.82, 2.24) is 24.9 Å². The average Bonchev–Trinajstić information content (AvgIpc) is 3.40. The first-order valence-corrected chi connectivity index (χ1v) is 12.4. The van der Waals surface area contributed by atoms with Crippen molar-refractivity contribution in [2.75, 3.05) is 38.8 Å². The molecule has 0 radical (unpaired) electrons. The van der Waals surface area contributed by atoms with Gasteiger partial charge in [0, 0.05) is 43.1 Å². The summed E-state index contributed by atoms with van der Waals surface area (Å²) in [6.07, 6.45) is 3.30. The Bertz CT molecular complexity index is 1160. The van der Waals surface area contributed by atoms with Crippen LogP contribution < -0.4 is 10.6 Å².